The van der Waals surface area contributed by atoms with Gasteiger partial charge in [-0.2, -0.15) is 0 Å². The van der Waals surface area contributed by atoms with Crippen LogP contribution in [-0.2, 0) is 4.74 Å². The van der Waals surface area contributed by atoms with Gasteiger partial charge in [-0.1, -0.05) is 19.8 Å². The molecule has 0 aromatic heterocycles. The van der Waals surface area contributed by atoms with Crippen molar-refractivity contribution >= 4 is 6.09 Å². The van der Waals surface area contributed by atoms with Crippen LogP contribution in [0.5, 0.6) is 0 Å². The number of nitrogens with one attached hydrogen (secondary N) is 1. The lowest BCUT2D eigenvalue weighted by Gasteiger charge is -1.98. The second-order valence-electron chi connectivity index (χ2n) is 1.79. The zero-order valence-corrected chi connectivity index (χ0v) is 6.02. The molecule has 0 aliphatic rings. The van der Waals surface area contributed by atoms with E-state index in [-0.39, 0.29) is 0 Å². The SMILES string of the molecule is C#COC(=O)NCCCC. The maximum Gasteiger partial charge on any atom is 0.421 e. The lowest BCUT2D eigenvalue weighted by molar-refractivity contribution is 0.192. The van der Waals surface area contributed by atoms with E-state index in [0.29, 0.717) is 6.54 Å². The van der Waals surface area contributed by atoms with E-state index in [4.69, 9.17) is 6.42 Å². The zero-order valence-electron chi connectivity index (χ0n) is 6.02. The Morgan fingerprint density at radius 3 is 3.00 bits per heavy atom. The Labute approximate surface area is 60.8 Å². The number of carbonyl (C=O) groups is 1. The molecule has 0 aliphatic carbocycles. The summed E-state index contributed by atoms with van der Waals surface area (Å²) in [4.78, 5) is 10.4. The molecule has 1 amide bonds. The molecule has 0 heterocycles. The topological polar surface area (TPSA) is 38.3 Å². The summed E-state index contributed by atoms with van der Waals surface area (Å²) in [5.41, 5.74) is 0. The van der Waals surface area contributed by atoms with Crippen LogP contribution in [-0.4, -0.2) is 12.6 Å². The predicted octanol–water partition coefficient (Wildman–Crippen LogP) is 1.10. The second-order valence-corrected chi connectivity index (χ2v) is 1.79. The minimum absolute atomic E-state index is 0.545. The van der Waals surface area contributed by atoms with Gasteiger partial charge < -0.3 is 10.1 Å². The number of hydrogen-bond acceptors (Lipinski definition) is 2. The van der Waals surface area contributed by atoms with Crippen molar-refractivity contribution in [2.45, 2.75) is 19.8 Å². The first-order valence-corrected chi connectivity index (χ1v) is 3.21. The number of terminal acetylenes is 1. The van der Waals surface area contributed by atoms with Gasteiger partial charge in [0.05, 0.1) is 0 Å². The number of carbonyl (C=O) groups excluding carboxylic acids is 1. The van der Waals surface area contributed by atoms with Gasteiger partial charge in [0.15, 0.2) is 0 Å². The van der Waals surface area contributed by atoms with Gasteiger partial charge >= 0.3 is 6.09 Å². The van der Waals surface area contributed by atoms with E-state index in [0.717, 1.165) is 12.8 Å². The first kappa shape index (κ1) is 8.83. The summed E-state index contributed by atoms with van der Waals surface area (Å²) in [5.74, 6) is 0. The Bertz CT molecular complexity index is 137. The number of rotatable bonds is 3. The van der Waals surface area contributed by atoms with Gasteiger partial charge in [0.25, 0.3) is 0 Å². The summed E-state index contributed by atoms with van der Waals surface area (Å²) in [6.45, 7) is 2.66. The summed E-state index contributed by atoms with van der Waals surface area (Å²) in [5, 5.41) is 2.48. The van der Waals surface area contributed by atoms with Crippen LogP contribution in [0.4, 0.5) is 4.79 Å². The van der Waals surface area contributed by atoms with Crippen LogP contribution < -0.4 is 5.32 Å². The van der Waals surface area contributed by atoms with Crippen LogP contribution in [0.25, 0.3) is 0 Å². The monoisotopic (exact) mass is 141 g/mol. The fraction of sp³-hybridized carbons (Fsp3) is 0.571. The van der Waals surface area contributed by atoms with E-state index in [1.54, 1.807) is 6.11 Å². The van der Waals surface area contributed by atoms with Gasteiger partial charge in [0.1, 0.15) is 6.11 Å². The number of unbranched alkanes of at least 4 members (excludes halogenated alkanes) is 1. The van der Waals surface area contributed by atoms with Crippen LogP contribution in [0.3, 0.4) is 0 Å². The molecule has 1 N–H and O–H groups in total. The molecule has 10 heavy (non-hydrogen) atoms. The molecule has 3 nitrogen and oxygen atoms in total. The van der Waals surface area contributed by atoms with Gasteiger partial charge in [-0.3, -0.25) is 0 Å². The van der Waals surface area contributed by atoms with Crippen molar-refractivity contribution in [3.8, 4) is 12.5 Å². The Morgan fingerprint density at radius 1 is 1.80 bits per heavy atom. The molecule has 0 rings (SSSR count). The lowest BCUT2D eigenvalue weighted by atomic mass is 10.3. The molecule has 0 aromatic rings. The highest BCUT2D eigenvalue weighted by Gasteiger charge is 1.95. The minimum atomic E-state index is -0.545. The molecule has 0 spiro atoms. The Kier molecular flexibility index (Phi) is 5.26. The van der Waals surface area contributed by atoms with Crippen molar-refractivity contribution in [1.82, 2.24) is 5.32 Å². The number of alkyl carbamates (subject to hydrolysis) is 1. The summed E-state index contributed by atoms with van der Waals surface area (Å²) in [6, 6.07) is 0. The second kappa shape index (κ2) is 5.96. The van der Waals surface area contributed by atoms with E-state index in [1.807, 2.05) is 6.92 Å². The van der Waals surface area contributed by atoms with E-state index in [9.17, 15) is 4.79 Å². The van der Waals surface area contributed by atoms with Gasteiger partial charge in [0.2, 0.25) is 0 Å². The maximum absolute atomic E-state index is 10.4. The first-order valence-electron chi connectivity index (χ1n) is 3.21. The van der Waals surface area contributed by atoms with Crippen molar-refractivity contribution in [1.29, 1.82) is 0 Å². The molecule has 0 fully saturated rings. The normalized spacial score (nSPS) is 8.00. The molecule has 56 valence electrons. The van der Waals surface area contributed by atoms with Crippen molar-refractivity contribution in [2.24, 2.45) is 0 Å². The maximum atomic E-state index is 10.4. The van der Waals surface area contributed by atoms with Gasteiger partial charge in [-0.15, -0.1) is 0 Å². The molecule has 0 radical (unpaired) electrons. The van der Waals surface area contributed by atoms with Crippen molar-refractivity contribution in [3.05, 3.63) is 0 Å². The minimum Gasteiger partial charge on any atom is -0.356 e. The largest absolute Gasteiger partial charge is 0.421 e. The third-order valence-electron chi connectivity index (χ3n) is 0.951. The summed E-state index contributed by atoms with van der Waals surface area (Å²) in [7, 11) is 0. The highest BCUT2D eigenvalue weighted by atomic mass is 16.5. The van der Waals surface area contributed by atoms with Gasteiger partial charge in [-0.25, -0.2) is 4.79 Å². The quantitative estimate of drug-likeness (QED) is 0.472. The number of ether oxygens (including phenoxy) is 1. The first-order chi connectivity index (χ1) is 4.81. The highest BCUT2D eigenvalue weighted by Crippen LogP contribution is 1.82. The van der Waals surface area contributed by atoms with Crippen LogP contribution in [0.2, 0.25) is 0 Å². The third kappa shape index (κ3) is 4.98. The molecule has 0 saturated heterocycles. The standard InChI is InChI=1S/C7H11NO2/c1-3-5-6-8-7(9)10-4-2/h2H,3,5-6H2,1H3,(H,8,9). The summed E-state index contributed by atoms with van der Waals surface area (Å²) in [6.07, 6.45) is 7.92. The fourth-order valence-corrected chi connectivity index (χ4v) is 0.457. The number of hydrogen-bond donors (Lipinski definition) is 1. The van der Waals surface area contributed by atoms with Crippen molar-refractivity contribution in [2.75, 3.05) is 6.54 Å². The van der Waals surface area contributed by atoms with Crippen molar-refractivity contribution < 1.29 is 9.53 Å². The third-order valence-corrected chi connectivity index (χ3v) is 0.951. The van der Waals surface area contributed by atoms with Crippen LogP contribution in [0, 0.1) is 12.5 Å². The molecule has 0 aliphatic heterocycles. The Balaban J connectivity index is 3.15. The average molecular weight is 141 g/mol. The van der Waals surface area contributed by atoms with E-state index >= 15 is 0 Å². The number of amides is 1. The predicted molar refractivity (Wildman–Crippen MR) is 38.2 cm³/mol. The van der Waals surface area contributed by atoms with Crippen LogP contribution in [0.15, 0.2) is 0 Å². The Hall–Kier alpha value is -1.17. The molecule has 0 saturated carbocycles. The molecular weight excluding hydrogens is 130 g/mol. The summed E-state index contributed by atoms with van der Waals surface area (Å²) < 4.78 is 4.17. The Morgan fingerprint density at radius 2 is 2.50 bits per heavy atom. The summed E-state index contributed by atoms with van der Waals surface area (Å²) >= 11 is 0. The lowest BCUT2D eigenvalue weighted by Crippen LogP contribution is -2.23. The van der Waals surface area contributed by atoms with E-state index in [2.05, 4.69) is 10.1 Å². The van der Waals surface area contributed by atoms with Gasteiger partial charge in [-0.05, 0) is 6.42 Å². The smallest absolute Gasteiger partial charge is 0.356 e. The van der Waals surface area contributed by atoms with Gasteiger partial charge in [0, 0.05) is 6.54 Å². The average Bonchev–Trinajstić information content (AvgIpc) is 1.89. The van der Waals surface area contributed by atoms with Crippen LogP contribution >= 0.6 is 0 Å². The molecule has 3 heteroatoms. The van der Waals surface area contributed by atoms with E-state index < -0.39 is 6.09 Å². The van der Waals surface area contributed by atoms with Crippen LogP contribution in [0.1, 0.15) is 19.8 Å². The molecular formula is C7H11NO2. The zero-order chi connectivity index (χ0) is 7.82. The van der Waals surface area contributed by atoms with Crippen molar-refractivity contribution in [3.63, 3.8) is 0 Å². The molecule has 0 aromatic carbocycles. The highest BCUT2D eigenvalue weighted by molar-refractivity contribution is 5.68. The fourth-order valence-electron chi connectivity index (χ4n) is 0.457. The molecule has 0 unspecified atom stereocenters. The molecule has 0 bridgehead atoms. The van der Waals surface area contributed by atoms with E-state index in [1.165, 1.54) is 0 Å². The molecule has 0 atom stereocenters.